The number of nitrogens with zero attached hydrogens (tertiary/aromatic N) is 1. The molecule has 2 heterocycles. The summed E-state index contributed by atoms with van der Waals surface area (Å²) in [6.07, 6.45) is 0.731. The van der Waals surface area contributed by atoms with Gasteiger partial charge in [-0.15, -0.1) is 0 Å². The van der Waals surface area contributed by atoms with Crippen LogP contribution < -0.4 is 9.47 Å². The average Bonchev–Trinajstić information content (AvgIpc) is 2.81. The topological polar surface area (TPSA) is 66.8 Å². The number of rotatable bonds is 4. The maximum atomic E-state index is 12.4. The minimum atomic E-state index is -0.638. The van der Waals surface area contributed by atoms with E-state index in [0.29, 0.717) is 30.3 Å². The van der Waals surface area contributed by atoms with Crippen LogP contribution in [0.25, 0.3) is 0 Å². The quantitative estimate of drug-likeness (QED) is 0.602. The molecule has 0 fully saturated rings. The van der Waals surface area contributed by atoms with Crippen molar-refractivity contribution < 1.29 is 23.8 Å². The highest BCUT2D eigenvalue weighted by molar-refractivity contribution is 6.32. The number of fused-ring (bicyclic) bond motifs is 1. The zero-order chi connectivity index (χ0) is 18.8. The van der Waals surface area contributed by atoms with Crippen LogP contribution in [0.4, 0.5) is 0 Å². The van der Waals surface area contributed by atoms with Gasteiger partial charge in [-0.25, -0.2) is 4.79 Å². The molecule has 2 aromatic rings. The molecule has 1 aromatic carbocycles. The Morgan fingerprint density at radius 3 is 2.62 bits per heavy atom. The van der Waals surface area contributed by atoms with E-state index in [9.17, 15) is 9.59 Å². The predicted molar refractivity (Wildman–Crippen MR) is 96.6 cm³/mol. The van der Waals surface area contributed by atoms with Gasteiger partial charge >= 0.3 is 5.97 Å². The highest BCUT2D eigenvalue weighted by Crippen LogP contribution is 2.38. The molecule has 1 aliphatic rings. The standard InChI is InChI=1S/C19H20ClNO5/c1-11-7-14(12(2)21(11)3)16(22)10-26-19(23)13-8-15(20)18-17(9-13)24-5-4-6-25-18/h7-9H,4-6,10H2,1-3H3. The van der Waals surface area contributed by atoms with E-state index in [4.69, 9.17) is 25.8 Å². The van der Waals surface area contributed by atoms with Crippen molar-refractivity contribution in [1.82, 2.24) is 4.57 Å². The molecule has 0 saturated heterocycles. The summed E-state index contributed by atoms with van der Waals surface area (Å²) in [4.78, 5) is 24.7. The fourth-order valence-electron chi connectivity index (χ4n) is 2.78. The van der Waals surface area contributed by atoms with Crippen molar-refractivity contribution in [2.45, 2.75) is 20.3 Å². The Morgan fingerprint density at radius 1 is 1.19 bits per heavy atom. The predicted octanol–water partition coefficient (Wildman–Crippen LogP) is 3.50. The van der Waals surface area contributed by atoms with Crippen LogP contribution in [0.5, 0.6) is 11.5 Å². The molecule has 0 N–H and O–H groups in total. The minimum Gasteiger partial charge on any atom is -0.489 e. The molecule has 6 nitrogen and oxygen atoms in total. The van der Waals surface area contributed by atoms with Gasteiger partial charge in [0.2, 0.25) is 5.78 Å². The Kier molecular flexibility index (Phi) is 5.23. The molecule has 26 heavy (non-hydrogen) atoms. The van der Waals surface area contributed by atoms with E-state index in [1.54, 1.807) is 6.07 Å². The van der Waals surface area contributed by atoms with Gasteiger partial charge in [-0.05, 0) is 32.0 Å². The molecule has 7 heteroatoms. The van der Waals surface area contributed by atoms with Crippen LogP contribution >= 0.6 is 11.6 Å². The van der Waals surface area contributed by atoms with Gasteiger partial charge in [0, 0.05) is 30.4 Å². The van der Waals surface area contributed by atoms with Gasteiger partial charge in [0.15, 0.2) is 18.1 Å². The van der Waals surface area contributed by atoms with Gasteiger partial charge in [0.05, 0.1) is 23.8 Å². The molecule has 0 unspecified atom stereocenters. The van der Waals surface area contributed by atoms with Gasteiger partial charge in [-0.1, -0.05) is 11.6 Å². The molecule has 0 spiro atoms. The van der Waals surface area contributed by atoms with Crippen LogP contribution in [-0.4, -0.2) is 36.1 Å². The van der Waals surface area contributed by atoms with Crippen molar-refractivity contribution in [2.24, 2.45) is 7.05 Å². The second kappa shape index (κ2) is 7.41. The number of hydrogen-bond acceptors (Lipinski definition) is 5. The summed E-state index contributed by atoms with van der Waals surface area (Å²) in [6, 6.07) is 4.77. The first-order valence-corrected chi connectivity index (χ1v) is 8.68. The number of carbonyl (C=O) groups excluding carboxylic acids is 2. The van der Waals surface area contributed by atoms with E-state index in [1.807, 2.05) is 25.5 Å². The summed E-state index contributed by atoms with van der Waals surface area (Å²) in [7, 11) is 1.88. The van der Waals surface area contributed by atoms with Gasteiger partial charge in [0.25, 0.3) is 0 Å². The molecule has 0 radical (unpaired) electrons. The number of halogens is 1. The van der Waals surface area contributed by atoms with E-state index in [2.05, 4.69) is 0 Å². The van der Waals surface area contributed by atoms with Crippen LogP contribution in [0.3, 0.4) is 0 Å². The number of esters is 1. The maximum Gasteiger partial charge on any atom is 0.338 e. The van der Waals surface area contributed by atoms with E-state index in [0.717, 1.165) is 17.8 Å². The van der Waals surface area contributed by atoms with Crippen LogP contribution in [0.1, 0.15) is 38.5 Å². The third-order valence-electron chi connectivity index (χ3n) is 4.45. The van der Waals surface area contributed by atoms with Crippen molar-refractivity contribution in [1.29, 1.82) is 0 Å². The second-order valence-corrected chi connectivity index (χ2v) is 6.59. The number of carbonyl (C=O) groups is 2. The third kappa shape index (κ3) is 3.55. The summed E-state index contributed by atoms with van der Waals surface area (Å²) in [6.45, 7) is 4.41. The number of Topliss-reactive ketones (excluding diaryl/α,β-unsaturated/α-hetero) is 1. The van der Waals surface area contributed by atoms with E-state index < -0.39 is 5.97 Å². The fraction of sp³-hybridized carbons (Fsp3) is 0.368. The SMILES string of the molecule is Cc1cc(C(=O)COC(=O)c2cc(Cl)c3c(c2)OCCCO3)c(C)n1C. The molecule has 0 bridgehead atoms. The molecule has 3 rings (SSSR count). The molecule has 138 valence electrons. The first-order valence-electron chi connectivity index (χ1n) is 8.31. The molecular formula is C19H20ClNO5. The van der Waals surface area contributed by atoms with E-state index in [-0.39, 0.29) is 23.0 Å². The second-order valence-electron chi connectivity index (χ2n) is 6.18. The minimum absolute atomic E-state index is 0.216. The van der Waals surface area contributed by atoms with Crippen LogP contribution in [0.15, 0.2) is 18.2 Å². The number of ether oxygens (including phenoxy) is 3. The molecule has 1 aromatic heterocycles. The number of aromatic nitrogens is 1. The van der Waals surface area contributed by atoms with E-state index >= 15 is 0 Å². The molecule has 0 atom stereocenters. The summed E-state index contributed by atoms with van der Waals surface area (Å²) < 4.78 is 18.2. The smallest absolute Gasteiger partial charge is 0.338 e. The Labute approximate surface area is 156 Å². The maximum absolute atomic E-state index is 12.4. The Bertz CT molecular complexity index is 871. The third-order valence-corrected chi connectivity index (χ3v) is 4.73. The van der Waals surface area contributed by atoms with Gasteiger partial charge in [-0.3, -0.25) is 4.79 Å². The van der Waals surface area contributed by atoms with Crippen LogP contribution in [0, 0.1) is 13.8 Å². The summed E-state index contributed by atoms with van der Waals surface area (Å²) in [5.74, 6) is -0.0591. The Balaban J connectivity index is 1.72. The van der Waals surface area contributed by atoms with Crippen molar-refractivity contribution in [2.75, 3.05) is 19.8 Å². The lowest BCUT2D eigenvalue weighted by molar-refractivity contribution is 0.0474. The molecule has 0 amide bonds. The summed E-state index contributed by atoms with van der Waals surface area (Å²) in [5, 5.41) is 0.275. The van der Waals surface area contributed by atoms with E-state index in [1.165, 1.54) is 12.1 Å². The van der Waals surface area contributed by atoms with Crippen molar-refractivity contribution >= 4 is 23.4 Å². The van der Waals surface area contributed by atoms with Crippen LogP contribution in [-0.2, 0) is 11.8 Å². The molecule has 0 aliphatic carbocycles. The first-order chi connectivity index (χ1) is 12.4. The Hall–Kier alpha value is -2.47. The summed E-state index contributed by atoms with van der Waals surface area (Å²) in [5.41, 5.74) is 2.57. The van der Waals surface area contributed by atoms with Gasteiger partial charge < -0.3 is 18.8 Å². The number of benzene rings is 1. The lowest BCUT2D eigenvalue weighted by Crippen LogP contribution is -2.15. The van der Waals surface area contributed by atoms with Crippen molar-refractivity contribution in [3.63, 3.8) is 0 Å². The van der Waals surface area contributed by atoms with Crippen molar-refractivity contribution in [3.8, 4) is 11.5 Å². The Morgan fingerprint density at radius 2 is 1.92 bits per heavy atom. The first kappa shape index (κ1) is 18.3. The normalized spacial score (nSPS) is 13.2. The zero-order valence-electron chi connectivity index (χ0n) is 14.9. The zero-order valence-corrected chi connectivity index (χ0v) is 15.7. The lowest BCUT2D eigenvalue weighted by Gasteiger charge is -2.11. The lowest BCUT2D eigenvalue weighted by atomic mass is 10.1. The highest BCUT2D eigenvalue weighted by atomic mass is 35.5. The average molecular weight is 378 g/mol. The van der Waals surface area contributed by atoms with Crippen LogP contribution in [0.2, 0.25) is 5.02 Å². The van der Waals surface area contributed by atoms with Gasteiger partial charge in [-0.2, -0.15) is 0 Å². The fourth-order valence-corrected chi connectivity index (χ4v) is 3.04. The molecular weight excluding hydrogens is 358 g/mol. The number of aryl methyl sites for hydroxylation is 1. The monoisotopic (exact) mass is 377 g/mol. The number of ketones is 1. The highest BCUT2D eigenvalue weighted by Gasteiger charge is 2.21. The molecule has 0 saturated carbocycles. The van der Waals surface area contributed by atoms with Gasteiger partial charge in [0.1, 0.15) is 0 Å². The van der Waals surface area contributed by atoms with Crippen molar-refractivity contribution in [3.05, 3.63) is 45.7 Å². The largest absolute Gasteiger partial charge is 0.489 e. The summed E-state index contributed by atoms with van der Waals surface area (Å²) >= 11 is 6.18. The number of hydrogen-bond donors (Lipinski definition) is 0. The molecule has 1 aliphatic heterocycles.